The first-order chi connectivity index (χ1) is 18.3. The van der Waals surface area contributed by atoms with Crippen molar-refractivity contribution in [3.63, 3.8) is 0 Å². The molecule has 0 saturated carbocycles. The maximum atomic E-state index is 13.2. The van der Waals surface area contributed by atoms with E-state index in [9.17, 15) is 19.2 Å². The molecule has 0 bridgehead atoms. The number of benzene rings is 1. The maximum Gasteiger partial charge on any atom is 0.322 e. The van der Waals surface area contributed by atoms with E-state index < -0.39 is 17.5 Å². The number of aromatic nitrogens is 3. The molecule has 13 heteroatoms. The number of pyridine rings is 1. The molecular formula is C25H21N7O6. The molecule has 0 radical (unpaired) electrons. The summed E-state index contributed by atoms with van der Waals surface area (Å²) in [5.41, 5.74) is 0.348. The largest absolute Gasteiger partial charge is 0.497 e. The van der Waals surface area contributed by atoms with Crippen LogP contribution in [0.4, 0.5) is 10.7 Å². The number of imide groups is 1. The third kappa shape index (κ3) is 3.63. The van der Waals surface area contributed by atoms with Crippen LogP contribution in [0.15, 0.2) is 51.8 Å². The van der Waals surface area contributed by atoms with Crippen molar-refractivity contribution in [3.05, 3.63) is 69.8 Å². The van der Waals surface area contributed by atoms with Crippen LogP contribution in [0.25, 0.3) is 22.4 Å². The molecule has 1 atom stereocenters. The van der Waals surface area contributed by atoms with E-state index in [4.69, 9.17) is 9.15 Å². The second-order valence-electron chi connectivity index (χ2n) is 8.96. The van der Waals surface area contributed by atoms with Crippen LogP contribution in [0.5, 0.6) is 5.75 Å². The number of carbonyl (C=O) groups is 3. The Morgan fingerprint density at radius 1 is 1.16 bits per heavy atom. The smallest absolute Gasteiger partial charge is 0.322 e. The lowest BCUT2D eigenvalue weighted by Crippen LogP contribution is -2.52. The summed E-state index contributed by atoms with van der Waals surface area (Å²) in [4.78, 5) is 63.4. The highest BCUT2D eigenvalue weighted by Gasteiger charge is 2.53. The zero-order chi connectivity index (χ0) is 26.6. The quantitative estimate of drug-likeness (QED) is 0.276. The summed E-state index contributed by atoms with van der Waals surface area (Å²) in [6.07, 6.45) is 1.49. The van der Waals surface area contributed by atoms with Crippen LogP contribution < -0.4 is 26.2 Å². The van der Waals surface area contributed by atoms with Crippen molar-refractivity contribution >= 4 is 34.9 Å². The standard InChI is InChI=1S/C25H21N7O6/c1-26-23-28-17(8-19(33)29-23)14-5-13-6-18(38-20(13)27-9-14)25(22(35)30-24(36)31-25)11-32-10-12-3-4-15(37-2)7-16(12)21(32)34/h3-9H,10-11H2,1-2H3,(H2,26,28,29,33)(H2,30,31,35,36)/t25-/m0/s1. The minimum Gasteiger partial charge on any atom is -0.497 e. The zero-order valence-corrected chi connectivity index (χ0v) is 20.2. The molecular weight excluding hydrogens is 494 g/mol. The van der Waals surface area contributed by atoms with Crippen molar-refractivity contribution in [2.75, 3.05) is 26.0 Å². The predicted molar refractivity (Wildman–Crippen MR) is 133 cm³/mol. The number of nitrogens with one attached hydrogen (secondary N) is 4. The highest BCUT2D eigenvalue weighted by atomic mass is 16.5. The topological polar surface area (TPSA) is 172 Å². The van der Waals surface area contributed by atoms with Crippen LogP contribution in [0, 0.1) is 0 Å². The first-order valence-electron chi connectivity index (χ1n) is 11.6. The number of anilines is 1. The van der Waals surface area contributed by atoms with Crippen LogP contribution in [-0.2, 0) is 16.9 Å². The van der Waals surface area contributed by atoms with Gasteiger partial charge in [-0.25, -0.2) is 14.8 Å². The summed E-state index contributed by atoms with van der Waals surface area (Å²) >= 11 is 0. The van der Waals surface area contributed by atoms with Crippen molar-refractivity contribution in [1.82, 2.24) is 30.5 Å². The number of ether oxygens (including phenoxy) is 1. The molecule has 3 aromatic heterocycles. The highest BCUT2D eigenvalue weighted by molar-refractivity contribution is 6.08. The van der Waals surface area contributed by atoms with Gasteiger partial charge in [0.1, 0.15) is 11.5 Å². The Balaban J connectivity index is 1.38. The summed E-state index contributed by atoms with van der Waals surface area (Å²) in [6.45, 7) is 0.0714. The van der Waals surface area contributed by atoms with Gasteiger partial charge in [-0.3, -0.25) is 24.7 Å². The molecule has 4 amide bonds. The van der Waals surface area contributed by atoms with E-state index in [0.29, 0.717) is 33.9 Å². The molecule has 192 valence electrons. The van der Waals surface area contributed by atoms with Crippen molar-refractivity contribution < 1.29 is 23.5 Å². The van der Waals surface area contributed by atoms with E-state index >= 15 is 0 Å². The van der Waals surface area contributed by atoms with Gasteiger partial charge in [-0.05, 0) is 29.8 Å². The number of hydrogen-bond donors (Lipinski definition) is 4. The second kappa shape index (κ2) is 8.44. The fourth-order valence-electron chi connectivity index (χ4n) is 4.74. The third-order valence-electron chi connectivity index (χ3n) is 6.63. The number of H-pyrrole nitrogens is 1. The molecule has 2 aliphatic rings. The minimum absolute atomic E-state index is 0.108. The molecule has 0 unspecified atom stereocenters. The fraction of sp³-hybridized carbons (Fsp3) is 0.200. The third-order valence-corrected chi connectivity index (χ3v) is 6.63. The monoisotopic (exact) mass is 515 g/mol. The number of amides is 4. The van der Waals surface area contributed by atoms with E-state index in [0.717, 1.165) is 5.56 Å². The van der Waals surface area contributed by atoms with Gasteiger partial charge in [0.05, 0.1) is 19.3 Å². The van der Waals surface area contributed by atoms with Gasteiger partial charge in [-0.2, -0.15) is 0 Å². The average Bonchev–Trinajstić information content (AvgIpc) is 3.56. The lowest BCUT2D eigenvalue weighted by Gasteiger charge is -2.28. The SMILES string of the molecule is CNc1nc(-c2cnc3oc([C@]4(CN5Cc6ccc(OC)cc6C5=O)NC(=O)NC4=O)cc3c2)cc(=O)[nH]1. The van der Waals surface area contributed by atoms with Gasteiger partial charge in [0.25, 0.3) is 17.4 Å². The Bertz CT molecular complexity index is 1710. The van der Waals surface area contributed by atoms with E-state index in [-0.39, 0.29) is 36.0 Å². The summed E-state index contributed by atoms with van der Waals surface area (Å²) < 4.78 is 11.2. The van der Waals surface area contributed by atoms with Gasteiger partial charge in [-0.1, -0.05) is 6.07 Å². The normalized spacial score (nSPS) is 18.5. The van der Waals surface area contributed by atoms with Gasteiger partial charge < -0.3 is 24.7 Å². The zero-order valence-electron chi connectivity index (χ0n) is 20.2. The molecule has 0 spiro atoms. The molecule has 1 fully saturated rings. The van der Waals surface area contributed by atoms with Crippen LogP contribution >= 0.6 is 0 Å². The molecule has 38 heavy (non-hydrogen) atoms. The van der Waals surface area contributed by atoms with Gasteiger partial charge in [-0.15, -0.1) is 0 Å². The fourth-order valence-corrected chi connectivity index (χ4v) is 4.74. The van der Waals surface area contributed by atoms with Gasteiger partial charge in [0.15, 0.2) is 5.54 Å². The number of fused-ring (bicyclic) bond motifs is 2. The van der Waals surface area contributed by atoms with Crippen molar-refractivity contribution in [2.24, 2.45) is 0 Å². The van der Waals surface area contributed by atoms with Crippen LogP contribution in [0.3, 0.4) is 0 Å². The van der Waals surface area contributed by atoms with Crippen molar-refractivity contribution in [1.29, 1.82) is 0 Å². The van der Waals surface area contributed by atoms with Gasteiger partial charge in [0.2, 0.25) is 11.7 Å². The van der Waals surface area contributed by atoms with E-state index in [1.54, 1.807) is 37.4 Å². The van der Waals surface area contributed by atoms with Gasteiger partial charge in [0, 0.05) is 42.4 Å². The molecule has 2 aliphatic heterocycles. The van der Waals surface area contributed by atoms with Crippen LogP contribution in [0.2, 0.25) is 0 Å². The second-order valence-corrected chi connectivity index (χ2v) is 8.96. The summed E-state index contributed by atoms with van der Waals surface area (Å²) in [5.74, 6) is -0.0192. The number of urea groups is 1. The lowest BCUT2D eigenvalue weighted by atomic mass is 9.95. The molecule has 4 N–H and O–H groups in total. The summed E-state index contributed by atoms with van der Waals surface area (Å²) in [5, 5.41) is 8.21. The number of carbonyl (C=O) groups excluding carboxylic acids is 3. The van der Waals surface area contributed by atoms with Crippen molar-refractivity contribution in [2.45, 2.75) is 12.1 Å². The average molecular weight is 515 g/mol. The van der Waals surface area contributed by atoms with E-state index in [1.807, 2.05) is 0 Å². The number of aromatic amines is 1. The Kier molecular flexibility index (Phi) is 5.15. The maximum absolute atomic E-state index is 13.2. The van der Waals surface area contributed by atoms with E-state index in [1.165, 1.54) is 24.3 Å². The first kappa shape index (κ1) is 23.2. The number of methoxy groups -OCH3 is 1. The predicted octanol–water partition coefficient (Wildman–Crippen LogP) is 1.32. The number of furan rings is 1. The van der Waals surface area contributed by atoms with E-state index in [2.05, 4.69) is 30.9 Å². The molecule has 0 aliphatic carbocycles. The van der Waals surface area contributed by atoms with Crippen LogP contribution in [0.1, 0.15) is 21.7 Å². The molecule has 4 aromatic rings. The Morgan fingerprint density at radius 2 is 2.00 bits per heavy atom. The lowest BCUT2D eigenvalue weighted by molar-refractivity contribution is -0.125. The minimum atomic E-state index is -1.68. The van der Waals surface area contributed by atoms with Gasteiger partial charge >= 0.3 is 6.03 Å². The molecule has 6 rings (SSSR count). The Morgan fingerprint density at radius 3 is 2.74 bits per heavy atom. The first-order valence-corrected chi connectivity index (χ1v) is 11.6. The van der Waals surface area contributed by atoms with Crippen molar-refractivity contribution in [3.8, 4) is 17.0 Å². The number of nitrogens with zero attached hydrogens (tertiary/aromatic N) is 3. The number of rotatable bonds is 6. The number of hydrogen-bond acceptors (Lipinski definition) is 9. The summed E-state index contributed by atoms with van der Waals surface area (Å²) in [7, 11) is 3.14. The Labute approximate surface area is 214 Å². The van der Waals surface area contributed by atoms with Crippen LogP contribution in [-0.4, -0.2) is 58.4 Å². The Hall–Kier alpha value is -5.20. The summed E-state index contributed by atoms with van der Waals surface area (Å²) in [6, 6.07) is 9.12. The molecule has 1 saturated heterocycles. The highest BCUT2D eigenvalue weighted by Crippen LogP contribution is 2.35. The molecule has 5 heterocycles. The molecule has 13 nitrogen and oxygen atoms in total. The molecule has 1 aromatic carbocycles.